The van der Waals surface area contributed by atoms with E-state index >= 15 is 0 Å². The molecular formula is C20H22N2O5. The van der Waals surface area contributed by atoms with Gasteiger partial charge in [0, 0.05) is 29.4 Å². The summed E-state index contributed by atoms with van der Waals surface area (Å²) < 4.78 is 21.5. The largest absolute Gasteiger partial charge is 0.497 e. The van der Waals surface area contributed by atoms with E-state index in [0.29, 0.717) is 28.7 Å². The Balaban J connectivity index is 1.91. The Morgan fingerprint density at radius 1 is 1.00 bits per heavy atom. The van der Waals surface area contributed by atoms with Gasteiger partial charge < -0.3 is 29.2 Å². The highest BCUT2D eigenvalue weighted by Gasteiger charge is 2.20. The quantitative estimate of drug-likeness (QED) is 0.666. The topological polar surface area (TPSA) is 81.8 Å². The van der Waals surface area contributed by atoms with Gasteiger partial charge in [-0.2, -0.15) is 0 Å². The minimum Gasteiger partial charge on any atom is -0.497 e. The van der Waals surface area contributed by atoms with Crippen LogP contribution in [0.4, 0.5) is 5.69 Å². The molecule has 3 aromatic rings. The van der Waals surface area contributed by atoms with E-state index in [1.165, 1.54) is 0 Å². The normalized spacial score (nSPS) is 10.5. The first-order valence-corrected chi connectivity index (χ1v) is 8.34. The van der Waals surface area contributed by atoms with E-state index in [9.17, 15) is 4.79 Å². The number of anilines is 1. The Bertz CT molecular complexity index is 964. The van der Waals surface area contributed by atoms with Crippen LogP contribution >= 0.6 is 0 Å². The van der Waals surface area contributed by atoms with Crippen LogP contribution in [0.25, 0.3) is 10.9 Å². The van der Waals surface area contributed by atoms with Gasteiger partial charge in [-0.25, -0.2) is 0 Å². The van der Waals surface area contributed by atoms with E-state index in [4.69, 9.17) is 18.9 Å². The minimum absolute atomic E-state index is 0.152. The lowest BCUT2D eigenvalue weighted by atomic mass is 10.1. The monoisotopic (exact) mass is 370 g/mol. The van der Waals surface area contributed by atoms with Gasteiger partial charge in [-0.15, -0.1) is 0 Å². The number of carbonyl (C=O) groups excluding carboxylic acids is 1. The van der Waals surface area contributed by atoms with Crippen LogP contribution < -0.4 is 24.3 Å². The highest BCUT2D eigenvalue weighted by molar-refractivity contribution is 5.99. The van der Waals surface area contributed by atoms with Gasteiger partial charge in [-0.3, -0.25) is 4.79 Å². The lowest BCUT2D eigenvalue weighted by Crippen LogP contribution is -2.14. The molecule has 0 spiro atoms. The molecule has 1 amide bonds. The van der Waals surface area contributed by atoms with Crippen LogP contribution in [-0.4, -0.2) is 39.3 Å². The van der Waals surface area contributed by atoms with Crippen molar-refractivity contribution in [3.05, 3.63) is 42.1 Å². The summed E-state index contributed by atoms with van der Waals surface area (Å²) >= 11 is 0. The Labute approximate surface area is 157 Å². The number of methoxy groups -OCH3 is 4. The zero-order valence-corrected chi connectivity index (χ0v) is 15.7. The molecule has 7 nitrogen and oxygen atoms in total. The minimum atomic E-state index is -0.152. The number of hydrogen-bond donors (Lipinski definition) is 2. The Kier molecular flexibility index (Phi) is 5.40. The highest BCUT2D eigenvalue weighted by atomic mass is 16.5. The van der Waals surface area contributed by atoms with Gasteiger partial charge in [0.25, 0.3) is 0 Å². The van der Waals surface area contributed by atoms with Gasteiger partial charge in [0.15, 0.2) is 11.5 Å². The summed E-state index contributed by atoms with van der Waals surface area (Å²) in [6.45, 7) is 0. The number of aromatic amines is 1. The van der Waals surface area contributed by atoms with Gasteiger partial charge in [-0.05, 0) is 17.7 Å². The Morgan fingerprint density at radius 3 is 2.44 bits per heavy atom. The number of nitrogens with one attached hydrogen (secondary N) is 2. The molecule has 0 atom stereocenters. The summed E-state index contributed by atoms with van der Waals surface area (Å²) in [4.78, 5) is 15.7. The molecule has 0 saturated heterocycles. The van der Waals surface area contributed by atoms with Gasteiger partial charge in [-0.1, -0.05) is 6.07 Å². The van der Waals surface area contributed by atoms with Crippen LogP contribution in [0.2, 0.25) is 0 Å². The molecule has 0 aliphatic rings. The summed E-state index contributed by atoms with van der Waals surface area (Å²) in [5.74, 6) is 2.09. The van der Waals surface area contributed by atoms with E-state index in [0.717, 1.165) is 16.5 Å². The number of carbonyl (C=O) groups is 1. The van der Waals surface area contributed by atoms with Gasteiger partial charge >= 0.3 is 0 Å². The molecule has 0 unspecified atom stereocenters. The van der Waals surface area contributed by atoms with Crippen molar-refractivity contribution in [2.24, 2.45) is 0 Å². The van der Waals surface area contributed by atoms with Gasteiger partial charge in [0.2, 0.25) is 11.7 Å². The zero-order chi connectivity index (χ0) is 19.4. The van der Waals surface area contributed by atoms with Crippen LogP contribution in [0.3, 0.4) is 0 Å². The van der Waals surface area contributed by atoms with E-state index in [2.05, 4.69) is 10.3 Å². The SMILES string of the molecule is COc1cccc(NC(=O)Cc2c[nH]c3cc(OC)c(OC)c(OC)c23)c1. The molecule has 2 N–H and O–H groups in total. The Morgan fingerprint density at radius 2 is 1.78 bits per heavy atom. The number of H-pyrrole nitrogens is 1. The van der Waals surface area contributed by atoms with Crippen molar-refractivity contribution in [1.29, 1.82) is 0 Å². The molecule has 0 bridgehead atoms. The molecule has 27 heavy (non-hydrogen) atoms. The van der Waals surface area contributed by atoms with Crippen molar-refractivity contribution in [3.63, 3.8) is 0 Å². The number of rotatable bonds is 7. The van der Waals surface area contributed by atoms with E-state index in [1.807, 2.05) is 24.3 Å². The Hall–Kier alpha value is -3.35. The lowest BCUT2D eigenvalue weighted by molar-refractivity contribution is -0.115. The predicted octanol–water partition coefficient (Wildman–Crippen LogP) is 3.38. The number of hydrogen-bond acceptors (Lipinski definition) is 5. The molecule has 1 aromatic heterocycles. The molecule has 0 saturated carbocycles. The van der Waals surface area contributed by atoms with Crippen molar-refractivity contribution in [2.45, 2.75) is 6.42 Å². The first kappa shape index (κ1) is 18.4. The summed E-state index contributed by atoms with van der Waals surface area (Å²) in [6.07, 6.45) is 1.96. The first-order valence-electron chi connectivity index (χ1n) is 8.34. The van der Waals surface area contributed by atoms with E-state index in [1.54, 1.807) is 40.7 Å². The van der Waals surface area contributed by atoms with Crippen molar-refractivity contribution >= 4 is 22.5 Å². The van der Waals surface area contributed by atoms with Crippen LogP contribution in [0.5, 0.6) is 23.0 Å². The van der Waals surface area contributed by atoms with Crippen LogP contribution in [0.1, 0.15) is 5.56 Å². The third-order valence-corrected chi connectivity index (χ3v) is 4.26. The molecule has 7 heteroatoms. The van der Waals surface area contributed by atoms with E-state index < -0.39 is 0 Å². The number of amides is 1. The number of ether oxygens (including phenoxy) is 4. The lowest BCUT2D eigenvalue weighted by Gasteiger charge is -2.14. The zero-order valence-electron chi connectivity index (χ0n) is 15.7. The fraction of sp³-hybridized carbons (Fsp3) is 0.250. The van der Waals surface area contributed by atoms with Crippen molar-refractivity contribution in [3.8, 4) is 23.0 Å². The average Bonchev–Trinajstić information content (AvgIpc) is 3.08. The molecule has 0 aliphatic carbocycles. The highest BCUT2D eigenvalue weighted by Crippen LogP contribution is 2.44. The first-order chi connectivity index (χ1) is 13.1. The van der Waals surface area contributed by atoms with Crippen molar-refractivity contribution < 1.29 is 23.7 Å². The third-order valence-electron chi connectivity index (χ3n) is 4.26. The van der Waals surface area contributed by atoms with Crippen LogP contribution in [0.15, 0.2) is 36.5 Å². The fourth-order valence-electron chi connectivity index (χ4n) is 3.04. The maximum atomic E-state index is 12.5. The maximum Gasteiger partial charge on any atom is 0.228 e. The summed E-state index contributed by atoms with van der Waals surface area (Å²) in [7, 11) is 6.26. The van der Waals surface area contributed by atoms with Crippen LogP contribution in [0, 0.1) is 0 Å². The van der Waals surface area contributed by atoms with Gasteiger partial charge in [0.05, 0.1) is 40.4 Å². The molecule has 142 valence electrons. The fourth-order valence-corrected chi connectivity index (χ4v) is 3.04. The van der Waals surface area contributed by atoms with E-state index in [-0.39, 0.29) is 12.3 Å². The summed E-state index contributed by atoms with van der Waals surface area (Å²) in [5, 5.41) is 3.67. The molecule has 0 radical (unpaired) electrons. The molecule has 3 rings (SSSR count). The standard InChI is InChI=1S/C20H22N2O5/c1-24-14-7-5-6-13(9-14)22-17(23)8-12-11-21-15-10-16(25-2)19(26-3)20(27-4)18(12)15/h5-7,9-11,21H,8H2,1-4H3,(H,22,23). The number of aromatic nitrogens is 1. The number of fused-ring (bicyclic) bond motifs is 1. The smallest absolute Gasteiger partial charge is 0.228 e. The van der Waals surface area contributed by atoms with Gasteiger partial charge in [0.1, 0.15) is 5.75 Å². The van der Waals surface area contributed by atoms with Crippen molar-refractivity contribution in [2.75, 3.05) is 33.8 Å². The third kappa shape index (κ3) is 3.62. The van der Waals surface area contributed by atoms with Crippen LogP contribution in [-0.2, 0) is 11.2 Å². The summed E-state index contributed by atoms with van der Waals surface area (Å²) in [6, 6.07) is 9.03. The molecule has 0 fully saturated rings. The second kappa shape index (κ2) is 7.90. The van der Waals surface area contributed by atoms with Crippen molar-refractivity contribution in [1.82, 2.24) is 4.98 Å². The molecule has 1 heterocycles. The predicted molar refractivity (Wildman–Crippen MR) is 103 cm³/mol. The molecule has 0 aliphatic heterocycles. The maximum absolute atomic E-state index is 12.5. The summed E-state index contributed by atoms with van der Waals surface area (Å²) in [5.41, 5.74) is 2.27. The number of benzene rings is 2. The second-order valence-electron chi connectivity index (χ2n) is 5.84. The average molecular weight is 370 g/mol. The molecular weight excluding hydrogens is 348 g/mol. The second-order valence-corrected chi connectivity index (χ2v) is 5.84. The molecule has 2 aromatic carbocycles.